The van der Waals surface area contributed by atoms with Crippen molar-refractivity contribution >= 4 is 40.1 Å². The number of nitriles is 1. The maximum atomic E-state index is 13.7. The summed E-state index contributed by atoms with van der Waals surface area (Å²) in [5.41, 5.74) is 6.82. The molecule has 170 valence electrons. The number of carbonyl (C=O) groups is 1. The van der Waals surface area contributed by atoms with Crippen molar-refractivity contribution in [2.75, 3.05) is 18.2 Å². The number of esters is 1. The second kappa shape index (κ2) is 9.21. The highest BCUT2D eigenvalue weighted by atomic mass is 35.5. The van der Waals surface area contributed by atoms with Crippen LogP contribution >= 0.6 is 11.6 Å². The zero-order valence-electron chi connectivity index (χ0n) is 18.2. The molecule has 2 heterocycles. The number of fused-ring (bicyclic) bond motifs is 1. The second-order valence-corrected chi connectivity index (χ2v) is 7.83. The summed E-state index contributed by atoms with van der Waals surface area (Å²) in [7, 11) is 1.29. The molecule has 0 bridgehead atoms. The van der Waals surface area contributed by atoms with Crippen LogP contribution in [0.3, 0.4) is 0 Å². The first-order valence-electron chi connectivity index (χ1n) is 10.2. The van der Waals surface area contributed by atoms with E-state index in [0.29, 0.717) is 27.2 Å². The average molecular weight is 475 g/mol. The van der Waals surface area contributed by atoms with E-state index >= 15 is 0 Å². The minimum atomic E-state index is -0.531. The summed E-state index contributed by atoms with van der Waals surface area (Å²) < 4.78 is 6.29. The lowest BCUT2D eigenvalue weighted by Crippen LogP contribution is -2.26. The number of methoxy groups -OCH3 is 1. The van der Waals surface area contributed by atoms with Gasteiger partial charge in [-0.3, -0.25) is 9.36 Å². The van der Waals surface area contributed by atoms with Crippen LogP contribution < -0.4 is 16.6 Å². The number of halogens is 1. The number of hydrogen-bond donors (Lipinski definition) is 2. The predicted molar refractivity (Wildman–Crippen MR) is 129 cm³/mol. The van der Waals surface area contributed by atoms with Crippen molar-refractivity contribution in [3.05, 3.63) is 86.9 Å². The number of hydrogen-bond acceptors (Lipinski definition) is 8. The molecule has 0 saturated heterocycles. The molecule has 1 atom stereocenters. The molecule has 0 aliphatic carbocycles. The van der Waals surface area contributed by atoms with Gasteiger partial charge in [0.05, 0.1) is 35.3 Å². The molecule has 4 aromatic rings. The number of aromatic nitrogens is 3. The third kappa shape index (κ3) is 4.14. The summed E-state index contributed by atoms with van der Waals surface area (Å²) in [4.78, 5) is 33.8. The van der Waals surface area contributed by atoms with Crippen LogP contribution in [-0.4, -0.2) is 27.6 Å². The van der Waals surface area contributed by atoms with Crippen LogP contribution in [0, 0.1) is 11.3 Å². The number of nitrogens with one attached hydrogen (secondary N) is 1. The SMILES string of the molecule is COC(=O)c1cccc(-n2c([C@H](C)Nc3nc(N)ncc3C#N)cc3cccc(Cl)c3c2=O)c1. The average Bonchev–Trinajstić information content (AvgIpc) is 2.83. The molecule has 0 aliphatic heterocycles. The van der Waals surface area contributed by atoms with Crippen LogP contribution in [-0.2, 0) is 4.74 Å². The highest BCUT2D eigenvalue weighted by Crippen LogP contribution is 2.28. The summed E-state index contributed by atoms with van der Waals surface area (Å²) in [6.45, 7) is 1.81. The molecular formula is C24H19ClN6O3. The van der Waals surface area contributed by atoms with Gasteiger partial charge in [-0.05, 0) is 42.6 Å². The van der Waals surface area contributed by atoms with E-state index < -0.39 is 12.0 Å². The Bertz CT molecular complexity index is 1530. The number of pyridine rings is 1. The molecule has 0 aliphatic rings. The number of anilines is 2. The molecule has 3 N–H and O–H groups in total. The van der Waals surface area contributed by atoms with E-state index in [4.69, 9.17) is 22.1 Å². The number of rotatable bonds is 5. The van der Waals surface area contributed by atoms with Gasteiger partial charge in [-0.1, -0.05) is 29.8 Å². The van der Waals surface area contributed by atoms with Crippen molar-refractivity contribution in [3.8, 4) is 11.8 Å². The smallest absolute Gasteiger partial charge is 0.337 e. The van der Waals surface area contributed by atoms with Gasteiger partial charge in [0.25, 0.3) is 5.56 Å². The first-order chi connectivity index (χ1) is 16.3. The normalized spacial score (nSPS) is 11.6. The molecule has 0 unspecified atom stereocenters. The predicted octanol–water partition coefficient (Wildman–Crippen LogP) is 3.85. The summed E-state index contributed by atoms with van der Waals surface area (Å²) in [5, 5.41) is 13.9. The van der Waals surface area contributed by atoms with E-state index in [1.54, 1.807) is 42.5 Å². The van der Waals surface area contributed by atoms with E-state index in [2.05, 4.69) is 15.3 Å². The molecular weight excluding hydrogens is 456 g/mol. The number of nitrogens with two attached hydrogens (primary N) is 1. The fourth-order valence-corrected chi connectivity index (χ4v) is 3.94. The molecule has 4 rings (SSSR count). The van der Waals surface area contributed by atoms with Crippen LogP contribution in [0.1, 0.15) is 34.6 Å². The van der Waals surface area contributed by atoms with Crippen molar-refractivity contribution in [3.63, 3.8) is 0 Å². The number of nitrogens with zero attached hydrogens (tertiary/aromatic N) is 4. The van der Waals surface area contributed by atoms with Crippen molar-refractivity contribution in [1.82, 2.24) is 14.5 Å². The third-order valence-corrected chi connectivity index (χ3v) is 5.59. The van der Waals surface area contributed by atoms with E-state index in [-0.39, 0.29) is 28.5 Å². The first-order valence-corrected chi connectivity index (χ1v) is 10.5. The van der Waals surface area contributed by atoms with E-state index in [1.165, 1.54) is 17.9 Å². The van der Waals surface area contributed by atoms with Crippen LogP contribution in [0.25, 0.3) is 16.5 Å². The minimum Gasteiger partial charge on any atom is -0.465 e. The van der Waals surface area contributed by atoms with E-state index in [0.717, 1.165) is 0 Å². The van der Waals surface area contributed by atoms with Crippen molar-refractivity contribution in [2.24, 2.45) is 0 Å². The Morgan fingerprint density at radius 2 is 2.03 bits per heavy atom. The van der Waals surface area contributed by atoms with Gasteiger partial charge in [0.1, 0.15) is 17.5 Å². The Morgan fingerprint density at radius 3 is 2.76 bits per heavy atom. The van der Waals surface area contributed by atoms with Crippen molar-refractivity contribution in [1.29, 1.82) is 5.26 Å². The Kier molecular flexibility index (Phi) is 6.17. The molecule has 34 heavy (non-hydrogen) atoms. The van der Waals surface area contributed by atoms with Gasteiger partial charge in [0, 0.05) is 11.4 Å². The van der Waals surface area contributed by atoms with Crippen LogP contribution in [0.2, 0.25) is 5.02 Å². The van der Waals surface area contributed by atoms with Gasteiger partial charge in [0.2, 0.25) is 5.95 Å². The second-order valence-electron chi connectivity index (χ2n) is 7.42. The molecule has 0 saturated carbocycles. The zero-order chi connectivity index (χ0) is 24.4. The number of ether oxygens (including phenoxy) is 1. The van der Waals surface area contributed by atoms with Gasteiger partial charge >= 0.3 is 5.97 Å². The summed E-state index contributed by atoms with van der Waals surface area (Å²) >= 11 is 6.37. The summed E-state index contributed by atoms with van der Waals surface area (Å²) in [5.74, 6) is -0.297. The van der Waals surface area contributed by atoms with Gasteiger partial charge < -0.3 is 15.8 Å². The van der Waals surface area contributed by atoms with Crippen LogP contribution in [0.4, 0.5) is 11.8 Å². The summed E-state index contributed by atoms with van der Waals surface area (Å²) in [6, 6.07) is 15.0. The monoisotopic (exact) mass is 474 g/mol. The van der Waals surface area contributed by atoms with E-state index in [1.807, 2.05) is 19.1 Å². The minimum absolute atomic E-state index is 0.00200. The van der Waals surface area contributed by atoms with Gasteiger partial charge in [-0.15, -0.1) is 0 Å². The van der Waals surface area contributed by atoms with Gasteiger partial charge in [-0.25, -0.2) is 9.78 Å². The topological polar surface area (TPSA) is 136 Å². The third-order valence-electron chi connectivity index (χ3n) is 5.27. The standard InChI is InChI=1S/C24H19ClN6O3/c1-13(29-21-16(11-26)12-28-24(27)30-21)19-10-14-5-4-8-18(25)20(14)22(32)31(19)17-7-3-6-15(9-17)23(33)34-2/h3-10,12-13H,1-2H3,(H3,27,28,29,30)/t13-/m0/s1. The molecule has 0 spiro atoms. The molecule has 0 fully saturated rings. The lowest BCUT2D eigenvalue weighted by atomic mass is 10.1. The fraction of sp³-hybridized carbons (Fsp3) is 0.125. The molecule has 9 nitrogen and oxygen atoms in total. The first kappa shape index (κ1) is 22.8. The molecule has 0 amide bonds. The van der Waals surface area contributed by atoms with Crippen molar-refractivity contribution in [2.45, 2.75) is 13.0 Å². The Hall–Kier alpha value is -4.42. The lowest BCUT2D eigenvalue weighted by molar-refractivity contribution is 0.0600. The number of carbonyl (C=O) groups excluding carboxylic acids is 1. The fourth-order valence-electron chi connectivity index (χ4n) is 3.68. The number of benzene rings is 2. The zero-order valence-corrected chi connectivity index (χ0v) is 19.0. The maximum absolute atomic E-state index is 13.7. The Balaban J connectivity index is 1.95. The lowest BCUT2D eigenvalue weighted by Gasteiger charge is -2.22. The van der Waals surface area contributed by atoms with E-state index in [9.17, 15) is 14.9 Å². The Morgan fingerprint density at radius 1 is 1.26 bits per heavy atom. The quantitative estimate of drug-likeness (QED) is 0.416. The molecule has 2 aromatic heterocycles. The Labute approximate surface area is 199 Å². The van der Waals surface area contributed by atoms with Gasteiger partial charge in [-0.2, -0.15) is 10.2 Å². The van der Waals surface area contributed by atoms with Crippen molar-refractivity contribution < 1.29 is 9.53 Å². The number of nitrogen functional groups attached to an aromatic ring is 1. The van der Waals surface area contributed by atoms with Crippen LogP contribution in [0.15, 0.2) is 59.5 Å². The van der Waals surface area contributed by atoms with Crippen LogP contribution in [0.5, 0.6) is 0 Å². The molecule has 10 heteroatoms. The highest BCUT2D eigenvalue weighted by molar-refractivity contribution is 6.35. The summed E-state index contributed by atoms with van der Waals surface area (Å²) in [6.07, 6.45) is 1.32. The molecule has 2 aromatic carbocycles. The largest absolute Gasteiger partial charge is 0.465 e. The van der Waals surface area contributed by atoms with Gasteiger partial charge in [0.15, 0.2) is 0 Å². The highest BCUT2D eigenvalue weighted by Gasteiger charge is 2.20. The maximum Gasteiger partial charge on any atom is 0.337 e. The molecule has 0 radical (unpaired) electrons.